The topological polar surface area (TPSA) is 85.5 Å². The second-order valence-electron chi connectivity index (χ2n) is 6.14. The van der Waals surface area contributed by atoms with Crippen LogP contribution < -0.4 is 0 Å². The van der Waals surface area contributed by atoms with E-state index in [2.05, 4.69) is 4.98 Å². The highest BCUT2D eigenvalue weighted by Crippen LogP contribution is 2.21. The van der Waals surface area contributed by atoms with Crippen LogP contribution in [-0.2, 0) is 14.3 Å². The maximum atomic E-state index is 13.6. The number of hydrogen-bond donors (Lipinski definition) is 1. The molecular formula is C21H22FNO5. The third-order valence-electron chi connectivity index (χ3n) is 4.13. The number of nitrogens with one attached hydrogen (secondary N) is 1. The first-order valence-corrected chi connectivity index (χ1v) is 8.80. The van der Waals surface area contributed by atoms with Gasteiger partial charge in [-0.3, -0.25) is 4.79 Å². The number of esters is 2. The summed E-state index contributed by atoms with van der Waals surface area (Å²) in [5.41, 5.74) is 1.64. The summed E-state index contributed by atoms with van der Waals surface area (Å²) in [6, 6.07) is 5.96. The fraction of sp³-hybridized carbons (Fsp3) is 0.286. The molecular weight excluding hydrogens is 365 g/mol. The van der Waals surface area contributed by atoms with E-state index in [1.54, 1.807) is 26.8 Å². The Morgan fingerprint density at radius 3 is 2.54 bits per heavy atom. The van der Waals surface area contributed by atoms with Gasteiger partial charge in [-0.1, -0.05) is 18.2 Å². The first-order chi connectivity index (χ1) is 13.3. The standard InChI is InChI=1S/C21H22FNO5/c1-5-27-21(26)18-12(2)19(23-13(18)3)20(25)14(4)28-17(24)11-10-15-8-6-7-9-16(15)22/h6-11,14,23H,5H2,1-4H3/b11-10+/t14-/m1/s1. The van der Waals surface area contributed by atoms with Crippen LogP contribution >= 0.6 is 0 Å². The summed E-state index contributed by atoms with van der Waals surface area (Å²) in [4.78, 5) is 39.5. The summed E-state index contributed by atoms with van der Waals surface area (Å²) in [5, 5.41) is 0. The zero-order chi connectivity index (χ0) is 20.8. The Bertz CT molecular complexity index is 929. The number of rotatable bonds is 7. The molecule has 6 nitrogen and oxygen atoms in total. The van der Waals surface area contributed by atoms with Crippen molar-refractivity contribution in [1.82, 2.24) is 4.98 Å². The first-order valence-electron chi connectivity index (χ1n) is 8.80. The minimum atomic E-state index is -1.09. The molecule has 1 atom stereocenters. The molecule has 28 heavy (non-hydrogen) atoms. The smallest absolute Gasteiger partial charge is 0.340 e. The molecule has 0 saturated carbocycles. The van der Waals surface area contributed by atoms with Gasteiger partial charge in [0.15, 0.2) is 6.10 Å². The van der Waals surface area contributed by atoms with Gasteiger partial charge in [-0.15, -0.1) is 0 Å². The molecule has 1 aromatic heterocycles. The Balaban J connectivity index is 2.10. The molecule has 0 saturated heterocycles. The van der Waals surface area contributed by atoms with Crippen LogP contribution in [0.15, 0.2) is 30.3 Å². The van der Waals surface area contributed by atoms with Crippen LogP contribution in [0, 0.1) is 19.7 Å². The van der Waals surface area contributed by atoms with Crippen molar-refractivity contribution in [3.8, 4) is 0 Å². The number of carbonyl (C=O) groups excluding carboxylic acids is 3. The summed E-state index contributed by atoms with van der Waals surface area (Å²) in [6.45, 7) is 6.61. The molecule has 1 N–H and O–H groups in total. The molecule has 0 aliphatic rings. The number of aromatic nitrogens is 1. The lowest BCUT2D eigenvalue weighted by atomic mass is 10.1. The molecule has 0 fully saturated rings. The lowest BCUT2D eigenvalue weighted by Gasteiger charge is -2.10. The van der Waals surface area contributed by atoms with Crippen molar-refractivity contribution in [2.24, 2.45) is 0 Å². The maximum Gasteiger partial charge on any atom is 0.340 e. The van der Waals surface area contributed by atoms with Crippen LogP contribution in [-0.4, -0.2) is 35.4 Å². The second-order valence-corrected chi connectivity index (χ2v) is 6.14. The number of H-pyrrole nitrogens is 1. The van der Waals surface area contributed by atoms with Crippen LogP contribution in [0.25, 0.3) is 6.08 Å². The second kappa shape index (κ2) is 9.12. The summed E-state index contributed by atoms with van der Waals surface area (Å²) < 4.78 is 23.7. The van der Waals surface area contributed by atoms with Crippen molar-refractivity contribution in [2.75, 3.05) is 6.61 Å². The maximum absolute atomic E-state index is 13.6. The van der Waals surface area contributed by atoms with Gasteiger partial charge in [0.1, 0.15) is 5.82 Å². The van der Waals surface area contributed by atoms with Crippen molar-refractivity contribution in [1.29, 1.82) is 0 Å². The molecule has 0 aliphatic carbocycles. The molecule has 0 unspecified atom stereocenters. The van der Waals surface area contributed by atoms with E-state index in [-0.39, 0.29) is 17.9 Å². The average Bonchev–Trinajstić information content (AvgIpc) is 2.94. The lowest BCUT2D eigenvalue weighted by molar-refractivity contribution is -0.140. The number of ether oxygens (including phenoxy) is 2. The molecule has 1 heterocycles. The van der Waals surface area contributed by atoms with E-state index in [4.69, 9.17) is 9.47 Å². The van der Waals surface area contributed by atoms with Gasteiger partial charge in [0.2, 0.25) is 5.78 Å². The van der Waals surface area contributed by atoms with E-state index < -0.39 is 29.6 Å². The predicted octanol–water partition coefficient (Wildman–Crippen LogP) is 3.78. The number of carbonyl (C=O) groups is 3. The fourth-order valence-corrected chi connectivity index (χ4v) is 2.74. The Hall–Kier alpha value is -3.22. The predicted molar refractivity (Wildman–Crippen MR) is 102 cm³/mol. The molecule has 7 heteroatoms. The van der Waals surface area contributed by atoms with Crippen LogP contribution in [0.2, 0.25) is 0 Å². The Labute approximate surface area is 162 Å². The lowest BCUT2D eigenvalue weighted by Crippen LogP contribution is -2.24. The van der Waals surface area contributed by atoms with Gasteiger partial charge in [-0.25, -0.2) is 14.0 Å². The number of aryl methyl sites for hydroxylation is 1. The van der Waals surface area contributed by atoms with Crippen LogP contribution in [0.4, 0.5) is 4.39 Å². The van der Waals surface area contributed by atoms with Gasteiger partial charge < -0.3 is 14.5 Å². The third kappa shape index (κ3) is 4.73. The number of benzene rings is 1. The van der Waals surface area contributed by atoms with Gasteiger partial charge in [-0.05, 0) is 45.4 Å². The van der Waals surface area contributed by atoms with Crippen LogP contribution in [0.5, 0.6) is 0 Å². The Kier molecular flexibility index (Phi) is 6.87. The van der Waals surface area contributed by atoms with Gasteiger partial charge in [0, 0.05) is 17.3 Å². The Morgan fingerprint density at radius 2 is 1.89 bits per heavy atom. The quantitative estimate of drug-likeness (QED) is 0.444. The number of aromatic amines is 1. The first kappa shape index (κ1) is 21.1. The highest BCUT2D eigenvalue weighted by atomic mass is 19.1. The molecule has 1 aromatic carbocycles. The molecule has 0 spiro atoms. The molecule has 0 amide bonds. The van der Waals surface area contributed by atoms with Crippen molar-refractivity contribution in [3.63, 3.8) is 0 Å². The van der Waals surface area contributed by atoms with Crippen molar-refractivity contribution >= 4 is 23.8 Å². The number of Topliss-reactive ketones (excluding diaryl/α,β-unsaturated/α-hetero) is 1. The van der Waals surface area contributed by atoms with Gasteiger partial charge in [0.25, 0.3) is 0 Å². The third-order valence-corrected chi connectivity index (χ3v) is 4.13. The molecule has 2 rings (SSSR count). The summed E-state index contributed by atoms with van der Waals surface area (Å²) in [7, 11) is 0. The van der Waals surface area contributed by atoms with Crippen molar-refractivity contribution in [2.45, 2.75) is 33.8 Å². The average molecular weight is 387 g/mol. The molecule has 0 aliphatic heterocycles. The van der Waals surface area contributed by atoms with Crippen molar-refractivity contribution in [3.05, 3.63) is 64.2 Å². The minimum Gasteiger partial charge on any atom is -0.462 e. The zero-order valence-corrected chi connectivity index (χ0v) is 16.2. The van der Waals surface area contributed by atoms with Crippen LogP contribution in [0.3, 0.4) is 0 Å². The number of hydrogen-bond acceptors (Lipinski definition) is 5. The van der Waals surface area contributed by atoms with Gasteiger partial charge in [-0.2, -0.15) is 0 Å². The van der Waals surface area contributed by atoms with E-state index in [9.17, 15) is 18.8 Å². The minimum absolute atomic E-state index is 0.180. The highest BCUT2D eigenvalue weighted by Gasteiger charge is 2.27. The number of halogens is 1. The summed E-state index contributed by atoms with van der Waals surface area (Å²) >= 11 is 0. The molecule has 0 radical (unpaired) electrons. The van der Waals surface area contributed by atoms with E-state index in [0.29, 0.717) is 16.8 Å². The Morgan fingerprint density at radius 1 is 1.21 bits per heavy atom. The van der Waals surface area contributed by atoms with E-state index in [1.807, 2.05) is 0 Å². The van der Waals surface area contributed by atoms with Crippen LogP contribution in [0.1, 0.15) is 51.5 Å². The SMILES string of the molecule is CCOC(=O)c1c(C)[nH]c(C(=O)[C@@H](C)OC(=O)/C=C/c2ccccc2F)c1C. The van der Waals surface area contributed by atoms with Gasteiger partial charge >= 0.3 is 11.9 Å². The normalized spacial score (nSPS) is 12.0. The summed E-state index contributed by atoms with van der Waals surface area (Å²) in [6.07, 6.45) is 1.24. The largest absolute Gasteiger partial charge is 0.462 e. The fourth-order valence-electron chi connectivity index (χ4n) is 2.74. The van der Waals surface area contributed by atoms with Crippen molar-refractivity contribution < 1.29 is 28.2 Å². The summed E-state index contributed by atoms with van der Waals surface area (Å²) in [5.74, 6) is -2.26. The molecule has 148 valence electrons. The van der Waals surface area contributed by atoms with E-state index >= 15 is 0 Å². The number of ketones is 1. The van der Waals surface area contributed by atoms with E-state index in [1.165, 1.54) is 31.2 Å². The highest BCUT2D eigenvalue weighted by molar-refractivity contribution is 6.04. The molecule has 2 aromatic rings. The molecule has 0 bridgehead atoms. The van der Waals surface area contributed by atoms with E-state index in [0.717, 1.165) is 6.08 Å². The monoisotopic (exact) mass is 387 g/mol. The van der Waals surface area contributed by atoms with Gasteiger partial charge in [0.05, 0.1) is 17.9 Å². The zero-order valence-electron chi connectivity index (χ0n) is 16.2.